The van der Waals surface area contributed by atoms with Gasteiger partial charge in [0.25, 0.3) is 11.7 Å². The van der Waals surface area contributed by atoms with Crippen LogP contribution in [0.4, 0.5) is 5.82 Å². The molecular formula is C14H17N5O2. The molecule has 21 heavy (non-hydrogen) atoms. The van der Waals surface area contributed by atoms with E-state index in [2.05, 4.69) is 26.1 Å². The molecule has 0 spiro atoms. The topological polar surface area (TPSA) is 75.4 Å². The van der Waals surface area contributed by atoms with Crippen molar-refractivity contribution in [2.45, 2.75) is 13.8 Å². The van der Waals surface area contributed by atoms with Gasteiger partial charge >= 0.3 is 0 Å². The zero-order chi connectivity index (χ0) is 14.8. The van der Waals surface area contributed by atoms with Crippen molar-refractivity contribution < 1.29 is 9.32 Å². The lowest BCUT2D eigenvalue weighted by atomic mass is 10.2. The fourth-order valence-electron chi connectivity index (χ4n) is 2.36. The maximum absolute atomic E-state index is 12.2. The lowest BCUT2D eigenvalue weighted by Crippen LogP contribution is -2.49. The normalized spacial score (nSPS) is 15.3. The largest absolute Gasteiger partial charge is 0.353 e. The van der Waals surface area contributed by atoms with Crippen molar-refractivity contribution in [1.82, 2.24) is 20.0 Å². The number of carbonyl (C=O) groups is 1. The maximum Gasteiger partial charge on any atom is 0.295 e. The van der Waals surface area contributed by atoms with Gasteiger partial charge in [0.15, 0.2) is 0 Å². The van der Waals surface area contributed by atoms with Gasteiger partial charge in [-0.1, -0.05) is 5.16 Å². The summed E-state index contributed by atoms with van der Waals surface area (Å²) in [6.45, 7) is 6.47. The Balaban J connectivity index is 1.64. The van der Waals surface area contributed by atoms with E-state index in [0.717, 1.165) is 18.9 Å². The molecule has 0 saturated carbocycles. The molecule has 1 fully saturated rings. The van der Waals surface area contributed by atoms with E-state index in [-0.39, 0.29) is 11.7 Å². The quantitative estimate of drug-likeness (QED) is 0.821. The van der Waals surface area contributed by atoms with Crippen LogP contribution in [0.5, 0.6) is 0 Å². The molecule has 1 amide bonds. The van der Waals surface area contributed by atoms with Crippen LogP contribution in [0.2, 0.25) is 0 Å². The van der Waals surface area contributed by atoms with Crippen molar-refractivity contribution in [2.24, 2.45) is 0 Å². The molecule has 0 aromatic carbocycles. The van der Waals surface area contributed by atoms with Crippen LogP contribution in [-0.4, -0.2) is 52.1 Å². The number of carbonyl (C=O) groups excluding carboxylic acids is 1. The number of hydrogen-bond donors (Lipinski definition) is 0. The van der Waals surface area contributed by atoms with Crippen LogP contribution in [0.15, 0.2) is 22.9 Å². The first-order valence-electron chi connectivity index (χ1n) is 6.90. The highest BCUT2D eigenvalue weighted by atomic mass is 16.5. The fourth-order valence-corrected chi connectivity index (χ4v) is 2.36. The molecule has 1 aliphatic rings. The zero-order valence-corrected chi connectivity index (χ0v) is 12.1. The standard InChI is InChI=1S/C14H17N5O2/c1-10-3-4-15-12(9-10)18-5-7-19(8-6-18)14(20)13-16-11(2)21-17-13/h3-4,9H,5-8H2,1-2H3. The number of aryl methyl sites for hydroxylation is 2. The lowest BCUT2D eigenvalue weighted by Gasteiger charge is -2.34. The van der Waals surface area contributed by atoms with E-state index in [0.29, 0.717) is 19.0 Å². The van der Waals surface area contributed by atoms with Gasteiger partial charge < -0.3 is 14.3 Å². The molecule has 2 aromatic heterocycles. The molecule has 7 heteroatoms. The summed E-state index contributed by atoms with van der Waals surface area (Å²) in [6, 6.07) is 4.03. The minimum absolute atomic E-state index is 0.134. The molecule has 0 radical (unpaired) electrons. The summed E-state index contributed by atoms with van der Waals surface area (Å²) in [6.07, 6.45) is 1.81. The van der Waals surface area contributed by atoms with Gasteiger partial charge in [-0.05, 0) is 24.6 Å². The van der Waals surface area contributed by atoms with Crippen LogP contribution in [0.1, 0.15) is 22.1 Å². The highest BCUT2D eigenvalue weighted by Crippen LogP contribution is 2.15. The number of piperazine rings is 1. The summed E-state index contributed by atoms with van der Waals surface area (Å²) in [5.74, 6) is 1.32. The summed E-state index contributed by atoms with van der Waals surface area (Å²) < 4.78 is 4.85. The van der Waals surface area contributed by atoms with E-state index in [4.69, 9.17) is 4.52 Å². The van der Waals surface area contributed by atoms with E-state index in [1.807, 2.05) is 19.2 Å². The fraction of sp³-hybridized carbons (Fsp3) is 0.429. The van der Waals surface area contributed by atoms with Crippen molar-refractivity contribution in [1.29, 1.82) is 0 Å². The number of nitrogens with zero attached hydrogens (tertiary/aromatic N) is 5. The number of amides is 1. The van der Waals surface area contributed by atoms with E-state index in [1.165, 1.54) is 5.56 Å². The second-order valence-corrected chi connectivity index (χ2v) is 5.11. The smallest absolute Gasteiger partial charge is 0.295 e. The summed E-state index contributed by atoms with van der Waals surface area (Å²) in [5, 5.41) is 3.68. The predicted octanol–water partition coefficient (Wildman–Crippen LogP) is 1.04. The van der Waals surface area contributed by atoms with Crippen molar-refractivity contribution in [3.8, 4) is 0 Å². The molecular weight excluding hydrogens is 270 g/mol. The number of anilines is 1. The Morgan fingerprint density at radius 1 is 1.24 bits per heavy atom. The third-order valence-electron chi connectivity index (χ3n) is 3.51. The van der Waals surface area contributed by atoms with Crippen molar-refractivity contribution in [3.05, 3.63) is 35.6 Å². The van der Waals surface area contributed by atoms with Crippen LogP contribution in [0.25, 0.3) is 0 Å². The lowest BCUT2D eigenvalue weighted by molar-refractivity contribution is 0.0731. The molecule has 110 valence electrons. The Hall–Kier alpha value is -2.44. The molecule has 0 atom stereocenters. The van der Waals surface area contributed by atoms with Crippen LogP contribution >= 0.6 is 0 Å². The van der Waals surface area contributed by atoms with Gasteiger partial charge in [0.1, 0.15) is 5.82 Å². The van der Waals surface area contributed by atoms with Crippen molar-refractivity contribution in [3.63, 3.8) is 0 Å². The second kappa shape index (κ2) is 5.51. The summed E-state index contributed by atoms with van der Waals surface area (Å²) in [5.41, 5.74) is 1.18. The van der Waals surface area contributed by atoms with Crippen molar-refractivity contribution in [2.75, 3.05) is 31.1 Å². The molecule has 3 rings (SSSR count). The van der Waals surface area contributed by atoms with Gasteiger partial charge in [-0.2, -0.15) is 4.98 Å². The summed E-state index contributed by atoms with van der Waals surface area (Å²) >= 11 is 0. The predicted molar refractivity (Wildman–Crippen MR) is 76.1 cm³/mol. The van der Waals surface area contributed by atoms with E-state index < -0.39 is 0 Å². The molecule has 0 unspecified atom stereocenters. The first-order chi connectivity index (χ1) is 10.1. The first-order valence-corrected chi connectivity index (χ1v) is 6.90. The van der Waals surface area contributed by atoms with Gasteiger partial charge in [0.05, 0.1) is 0 Å². The van der Waals surface area contributed by atoms with E-state index in [1.54, 1.807) is 11.8 Å². The van der Waals surface area contributed by atoms with Gasteiger partial charge in [-0.25, -0.2) is 4.98 Å². The Kier molecular flexibility index (Phi) is 3.55. The first kappa shape index (κ1) is 13.5. The molecule has 0 bridgehead atoms. The highest BCUT2D eigenvalue weighted by molar-refractivity contribution is 5.90. The Bertz CT molecular complexity index is 646. The van der Waals surface area contributed by atoms with Gasteiger partial charge in [0.2, 0.25) is 5.89 Å². The number of rotatable bonds is 2. The maximum atomic E-state index is 12.2. The average Bonchev–Trinajstić information content (AvgIpc) is 2.93. The van der Waals surface area contributed by atoms with Crippen LogP contribution in [0.3, 0.4) is 0 Å². The molecule has 0 aliphatic carbocycles. The average molecular weight is 287 g/mol. The summed E-state index contributed by atoms with van der Waals surface area (Å²) in [4.78, 5) is 24.5. The molecule has 0 N–H and O–H groups in total. The SMILES string of the molecule is Cc1ccnc(N2CCN(C(=O)c3noc(C)n3)CC2)c1. The molecule has 3 heterocycles. The Morgan fingerprint density at radius 2 is 2.00 bits per heavy atom. The van der Waals surface area contributed by atoms with E-state index in [9.17, 15) is 4.79 Å². The van der Waals surface area contributed by atoms with Gasteiger partial charge in [-0.15, -0.1) is 0 Å². The monoisotopic (exact) mass is 287 g/mol. The second-order valence-electron chi connectivity index (χ2n) is 5.11. The van der Waals surface area contributed by atoms with Gasteiger partial charge in [0, 0.05) is 39.3 Å². The van der Waals surface area contributed by atoms with Crippen LogP contribution in [0, 0.1) is 13.8 Å². The molecule has 1 aliphatic heterocycles. The third-order valence-corrected chi connectivity index (χ3v) is 3.51. The van der Waals surface area contributed by atoms with Crippen LogP contribution in [-0.2, 0) is 0 Å². The summed E-state index contributed by atoms with van der Waals surface area (Å²) in [7, 11) is 0. The Morgan fingerprint density at radius 3 is 2.62 bits per heavy atom. The number of pyridine rings is 1. The van der Waals surface area contributed by atoms with E-state index >= 15 is 0 Å². The Labute approximate surface area is 122 Å². The molecule has 1 saturated heterocycles. The number of hydrogen-bond acceptors (Lipinski definition) is 6. The van der Waals surface area contributed by atoms with Gasteiger partial charge in [-0.3, -0.25) is 4.79 Å². The minimum Gasteiger partial charge on any atom is -0.353 e. The highest BCUT2D eigenvalue weighted by Gasteiger charge is 2.25. The van der Waals surface area contributed by atoms with Crippen LogP contribution < -0.4 is 4.90 Å². The zero-order valence-electron chi connectivity index (χ0n) is 12.1. The molecule has 2 aromatic rings. The third kappa shape index (κ3) is 2.86. The number of aromatic nitrogens is 3. The molecule has 7 nitrogen and oxygen atoms in total. The van der Waals surface area contributed by atoms with Crippen molar-refractivity contribution >= 4 is 11.7 Å². The minimum atomic E-state index is -0.177.